The number of rotatable bonds is 8. The van der Waals surface area contributed by atoms with Gasteiger partial charge in [0.2, 0.25) is 0 Å². The van der Waals surface area contributed by atoms with E-state index >= 15 is 0 Å². The number of ether oxygens (including phenoxy) is 1. The molecule has 0 aliphatic rings. The molecular weight excluding hydrogens is 434 g/mol. The first-order valence-corrected chi connectivity index (χ1v) is 11.1. The Morgan fingerprint density at radius 3 is 2.24 bits per heavy atom. The molecular formula is C27H24ClN3O2. The second-order valence-electron chi connectivity index (χ2n) is 7.28. The second-order valence-corrected chi connectivity index (χ2v) is 7.71. The zero-order chi connectivity index (χ0) is 23.0. The van der Waals surface area contributed by atoms with Crippen molar-refractivity contribution in [3.8, 4) is 28.2 Å². The predicted molar refractivity (Wildman–Crippen MR) is 134 cm³/mol. The van der Waals surface area contributed by atoms with E-state index in [1.807, 2.05) is 60.7 Å². The highest BCUT2D eigenvalue weighted by molar-refractivity contribution is 6.30. The summed E-state index contributed by atoms with van der Waals surface area (Å²) in [5.74, 6) is -0.346. The van der Waals surface area contributed by atoms with Crippen molar-refractivity contribution in [2.75, 3.05) is 13.2 Å². The summed E-state index contributed by atoms with van der Waals surface area (Å²) in [4.78, 5) is 11.6. The number of halogens is 1. The van der Waals surface area contributed by atoms with Gasteiger partial charge in [0.25, 0.3) is 0 Å². The summed E-state index contributed by atoms with van der Waals surface area (Å²) in [7, 11) is 0. The van der Waals surface area contributed by atoms with Crippen LogP contribution in [0.2, 0.25) is 5.02 Å². The predicted octanol–water partition coefficient (Wildman–Crippen LogP) is 5.95. The fourth-order valence-electron chi connectivity index (χ4n) is 3.64. The molecule has 4 rings (SSSR count). The molecule has 166 valence electrons. The highest BCUT2D eigenvalue weighted by atomic mass is 35.5. The van der Waals surface area contributed by atoms with Crippen LogP contribution in [0, 0.1) is 0 Å². The Bertz CT molecular complexity index is 1230. The van der Waals surface area contributed by atoms with Gasteiger partial charge in [-0.05, 0) is 48.4 Å². The van der Waals surface area contributed by atoms with Gasteiger partial charge in [-0.2, -0.15) is 5.10 Å². The Kier molecular flexibility index (Phi) is 7.22. The first-order valence-electron chi connectivity index (χ1n) is 10.7. The number of hydrogen-bond donors (Lipinski definition) is 1. The molecule has 1 heterocycles. The molecule has 0 aliphatic heterocycles. The van der Waals surface area contributed by atoms with Crippen LogP contribution in [0.25, 0.3) is 28.2 Å². The quantitative estimate of drug-likeness (QED) is 0.202. The van der Waals surface area contributed by atoms with E-state index < -0.39 is 0 Å². The van der Waals surface area contributed by atoms with Crippen LogP contribution in [0.15, 0.2) is 96.1 Å². The van der Waals surface area contributed by atoms with E-state index in [-0.39, 0.29) is 12.5 Å². The van der Waals surface area contributed by atoms with Gasteiger partial charge in [-0.1, -0.05) is 72.3 Å². The lowest BCUT2D eigenvalue weighted by molar-refractivity contribution is -0.141. The highest BCUT2D eigenvalue weighted by Crippen LogP contribution is 2.35. The largest absolute Gasteiger partial charge is 0.465 e. The Balaban J connectivity index is 1.85. The zero-order valence-corrected chi connectivity index (χ0v) is 19.0. The molecule has 0 aliphatic carbocycles. The number of benzene rings is 3. The average molecular weight is 458 g/mol. The topological polar surface area (TPSA) is 55.6 Å². The molecule has 0 saturated carbocycles. The van der Waals surface area contributed by atoms with E-state index in [1.165, 1.54) is 0 Å². The van der Waals surface area contributed by atoms with Crippen molar-refractivity contribution >= 4 is 23.8 Å². The Labute approximate surface area is 198 Å². The summed E-state index contributed by atoms with van der Waals surface area (Å²) < 4.78 is 7.15. The number of nitrogens with one attached hydrogen (secondary N) is 1. The molecule has 5 nitrogen and oxygen atoms in total. The number of hydrazone groups is 1. The van der Waals surface area contributed by atoms with Crippen molar-refractivity contribution in [2.24, 2.45) is 5.10 Å². The van der Waals surface area contributed by atoms with Crippen LogP contribution in [0.4, 0.5) is 0 Å². The molecule has 0 amide bonds. The van der Waals surface area contributed by atoms with Crippen molar-refractivity contribution < 1.29 is 9.53 Å². The summed E-state index contributed by atoms with van der Waals surface area (Å²) in [5, 5.41) is 4.97. The van der Waals surface area contributed by atoms with Crippen molar-refractivity contribution in [3.05, 3.63) is 102 Å². The molecule has 1 N–H and O–H groups in total. The zero-order valence-electron chi connectivity index (χ0n) is 18.2. The fraction of sp³-hybridized carbons (Fsp3) is 0.111. The second kappa shape index (κ2) is 10.7. The summed E-state index contributed by atoms with van der Waals surface area (Å²) in [6.07, 6.45) is 1.74. The molecule has 33 heavy (non-hydrogen) atoms. The van der Waals surface area contributed by atoms with Gasteiger partial charge in [0, 0.05) is 16.3 Å². The fourth-order valence-corrected chi connectivity index (χ4v) is 3.76. The molecule has 0 spiro atoms. The van der Waals surface area contributed by atoms with Crippen LogP contribution in [0.3, 0.4) is 0 Å². The first kappa shape index (κ1) is 22.4. The minimum absolute atomic E-state index is 0.00838. The molecule has 0 saturated heterocycles. The van der Waals surface area contributed by atoms with Gasteiger partial charge in [0.15, 0.2) is 0 Å². The first-order chi connectivity index (χ1) is 16.2. The van der Waals surface area contributed by atoms with Gasteiger partial charge in [0.1, 0.15) is 6.54 Å². The summed E-state index contributed by atoms with van der Waals surface area (Å²) in [5.41, 5.74) is 8.79. The molecule has 6 heteroatoms. The lowest BCUT2D eigenvalue weighted by Crippen LogP contribution is -2.20. The lowest BCUT2D eigenvalue weighted by atomic mass is 10.1. The molecule has 0 radical (unpaired) electrons. The van der Waals surface area contributed by atoms with E-state index in [0.717, 1.165) is 33.8 Å². The number of hydrogen-bond acceptors (Lipinski definition) is 4. The smallest absolute Gasteiger partial charge is 0.327 e. The van der Waals surface area contributed by atoms with Crippen LogP contribution in [0.5, 0.6) is 0 Å². The Hall–Kier alpha value is -3.83. The number of carbonyl (C=O) groups is 1. The monoisotopic (exact) mass is 457 g/mol. The van der Waals surface area contributed by atoms with Gasteiger partial charge in [-0.25, -0.2) is 0 Å². The van der Waals surface area contributed by atoms with Gasteiger partial charge in [-0.15, -0.1) is 0 Å². The van der Waals surface area contributed by atoms with Crippen molar-refractivity contribution in [1.29, 1.82) is 0 Å². The number of esters is 1. The van der Waals surface area contributed by atoms with E-state index in [4.69, 9.17) is 16.3 Å². The van der Waals surface area contributed by atoms with Crippen molar-refractivity contribution in [2.45, 2.75) is 6.92 Å². The minimum atomic E-state index is -0.346. The van der Waals surface area contributed by atoms with Gasteiger partial charge in [-0.3, -0.25) is 10.2 Å². The summed E-state index contributed by atoms with van der Waals surface area (Å²) in [6.45, 7) is 2.12. The summed E-state index contributed by atoms with van der Waals surface area (Å²) >= 11 is 6.17. The van der Waals surface area contributed by atoms with E-state index in [2.05, 4.69) is 45.4 Å². The molecule has 0 fully saturated rings. The molecule has 4 aromatic rings. The lowest BCUT2D eigenvalue weighted by Gasteiger charge is -2.15. The van der Waals surface area contributed by atoms with Crippen LogP contribution >= 0.6 is 11.6 Å². The maximum absolute atomic E-state index is 11.6. The number of aromatic nitrogens is 1. The SMILES string of the molecule is CCOC(=O)CN/N=C/c1cc(-c2ccccc2)n(-c2ccc(Cl)cc2)c1-c1ccccc1. The molecule has 0 bridgehead atoms. The normalized spacial score (nSPS) is 11.0. The van der Waals surface area contributed by atoms with Crippen LogP contribution in [-0.2, 0) is 9.53 Å². The molecule has 3 aromatic carbocycles. The summed E-state index contributed by atoms with van der Waals surface area (Å²) in [6, 6.07) is 30.2. The van der Waals surface area contributed by atoms with Crippen LogP contribution < -0.4 is 5.43 Å². The van der Waals surface area contributed by atoms with Gasteiger partial charge < -0.3 is 9.30 Å². The van der Waals surface area contributed by atoms with Gasteiger partial charge >= 0.3 is 5.97 Å². The van der Waals surface area contributed by atoms with E-state index in [9.17, 15) is 4.79 Å². The third kappa shape index (κ3) is 5.33. The van der Waals surface area contributed by atoms with E-state index in [0.29, 0.717) is 11.6 Å². The molecule has 0 unspecified atom stereocenters. The highest BCUT2D eigenvalue weighted by Gasteiger charge is 2.18. The maximum atomic E-state index is 11.6. The number of carbonyl (C=O) groups excluding carboxylic acids is 1. The molecule has 0 atom stereocenters. The Morgan fingerprint density at radius 1 is 0.970 bits per heavy atom. The van der Waals surface area contributed by atoms with Crippen LogP contribution in [0.1, 0.15) is 12.5 Å². The standard InChI is InChI=1S/C27H24ClN3O2/c1-2-33-26(32)19-30-29-18-22-17-25(20-9-5-3-6-10-20)31(24-15-13-23(28)14-16-24)27(22)21-11-7-4-8-12-21/h3-18,30H,2,19H2,1H3/b29-18+. The third-order valence-corrected chi connectivity index (χ3v) is 5.31. The van der Waals surface area contributed by atoms with Crippen molar-refractivity contribution in [3.63, 3.8) is 0 Å². The third-order valence-electron chi connectivity index (χ3n) is 5.06. The van der Waals surface area contributed by atoms with Crippen LogP contribution in [-0.4, -0.2) is 29.9 Å². The van der Waals surface area contributed by atoms with E-state index in [1.54, 1.807) is 13.1 Å². The van der Waals surface area contributed by atoms with Gasteiger partial charge in [0.05, 0.1) is 24.2 Å². The Morgan fingerprint density at radius 2 is 1.61 bits per heavy atom. The minimum Gasteiger partial charge on any atom is -0.465 e. The molecule has 1 aromatic heterocycles. The van der Waals surface area contributed by atoms with Crippen molar-refractivity contribution in [1.82, 2.24) is 9.99 Å². The average Bonchev–Trinajstić information content (AvgIpc) is 3.23. The number of nitrogens with zero attached hydrogens (tertiary/aromatic N) is 2. The maximum Gasteiger partial charge on any atom is 0.327 e.